The number of aromatic nitrogens is 1. The van der Waals surface area contributed by atoms with Crippen molar-refractivity contribution in [3.8, 4) is 5.06 Å². The van der Waals surface area contributed by atoms with E-state index in [9.17, 15) is 4.79 Å². The second-order valence-electron chi connectivity index (χ2n) is 2.38. The van der Waals surface area contributed by atoms with Crippen LogP contribution < -0.4 is 4.74 Å². The molecule has 0 saturated carbocycles. The highest BCUT2D eigenvalue weighted by molar-refractivity contribution is 7.13. The van der Waals surface area contributed by atoms with Crippen LogP contribution in [-0.2, 0) is 11.2 Å². The van der Waals surface area contributed by atoms with Crippen LogP contribution in [0.4, 0.5) is 4.79 Å². The third kappa shape index (κ3) is 3.02. The Morgan fingerprint density at radius 2 is 2.46 bits per heavy atom. The maximum Gasteiger partial charge on any atom is 0.514 e. The van der Waals surface area contributed by atoms with Crippen molar-refractivity contribution in [1.82, 2.24) is 4.98 Å². The zero-order valence-corrected chi connectivity index (χ0v) is 8.39. The Morgan fingerprint density at radius 1 is 1.69 bits per heavy atom. The number of nitrogens with zero attached hydrogens (tertiary/aromatic N) is 1. The minimum atomic E-state index is -0.702. The summed E-state index contributed by atoms with van der Waals surface area (Å²) in [6.07, 6.45) is 2.78. The van der Waals surface area contributed by atoms with Gasteiger partial charge in [-0.3, -0.25) is 0 Å². The van der Waals surface area contributed by atoms with Crippen LogP contribution in [0.25, 0.3) is 0 Å². The Morgan fingerprint density at radius 3 is 3.08 bits per heavy atom. The van der Waals surface area contributed by atoms with Gasteiger partial charge in [-0.15, -0.1) is 0 Å². The molecule has 0 radical (unpaired) electrons. The summed E-state index contributed by atoms with van der Waals surface area (Å²) < 4.78 is 9.13. The maximum absolute atomic E-state index is 10.7. The van der Waals surface area contributed by atoms with E-state index in [0.717, 1.165) is 17.8 Å². The lowest BCUT2D eigenvalue weighted by Gasteiger charge is -1.95. The first-order valence-electron chi connectivity index (χ1n) is 3.96. The molecule has 0 saturated heterocycles. The number of hydrogen-bond donors (Lipinski definition) is 0. The number of thiazole rings is 1. The summed E-state index contributed by atoms with van der Waals surface area (Å²) in [4.78, 5) is 14.8. The first-order chi connectivity index (χ1) is 6.26. The van der Waals surface area contributed by atoms with Crippen LogP contribution in [0, 0.1) is 0 Å². The Labute approximate surface area is 80.5 Å². The Balaban J connectivity index is 2.53. The van der Waals surface area contributed by atoms with Crippen LogP contribution in [-0.4, -0.2) is 18.2 Å². The van der Waals surface area contributed by atoms with Crippen LogP contribution in [0.15, 0.2) is 6.20 Å². The first kappa shape index (κ1) is 9.98. The highest BCUT2D eigenvalue weighted by Crippen LogP contribution is 2.22. The minimum Gasteiger partial charge on any atom is -0.437 e. The smallest absolute Gasteiger partial charge is 0.437 e. The molecule has 0 amide bonds. The second-order valence-corrected chi connectivity index (χ2v) is 3.46. The molecule has 0 fully saturated rings. The molecule has 0 atom stereocenters. The molecule has 0 aromatic carbocycles. The van der Waals surface area contributed by atoms with Gasteiger partial charge < -0.3 is 9.47 Å². The summed E-state index contributed by atoms with van der Waals surface area (Å²) in [7, 11) is 1.27. The summed E-state index contributed by atoms with van der Waals surface area (Å²) in [6.45, 7) is 2.07. The largest absolute Gasteiger partial charge is 0.514 e. The zero-order chi connectivity index (χ0) is 9.68. The van der Waals surface area contributed by atoms with Crippen molar-refractivity contribution >= 4 is 17.5 Å². The summed E-state index contributed by atoms with van der Waals surface area (Å²) in [5, 5.41) is 1.46. The summed E-state index contributed by atoms with van der Waals surface area (Å²) in [5.74, 6) is 0. The van der Waals surface area contributed by atoms with Crippen molar-refractivity contribution in [1.29, 1.82) is 0 Å². The molecule has 5 heteroatoms. The molecule has 1 heterocycles. The predicted octanol–water partition coefficient (Wildman–Crippen LogP) is 2.24. The molecule has 1 aromatic heterocycles. The Kier molecular flexibility index (Phi) is 3.70. The van der Waals surface area contributed by atoms with Gasteiger partial charge in [0.1, 0.15) is 0 Å². The van der Waals surface area contributed by atoms with Crippen molar-refractivity contribution in [2.75, 3.05) is 7.11 Å². The van der Waals surface area contributed by atoms with Crippen molar-refractivity contribution in [2.45, 2.75) is 19.8 Å². The van der Waals surface area contributed by atoms with Gasteiger partial charge in [-0.1, -0.05) is 18.3 Å². The van der Waals surface area contributed by atoms with Crippen molar-refractivity contribution in [2.24, 2.45) is 0 Å². The van der Waals surface area contributed by atoms with Crippen LogP contribution in [0.3, 0.4) is 0 Å². The van der Waals surface area contributed by atoms with Crippen LogP contribution >= 0.6 is 11.3 Å². The van der Waals surface area contributed by atoms with Crippen LogP contribution in [0.2, 0.25) is 0 Å². The van der Waals surface area contributed by atoms with Gasteiger partial charge in [0.05, 0.1) is 18.3 Å². The van der Waals surface area contributed by atoms with Crippen molar-refractivity contribution in [3.63, 3.8) is 0 Å². The summed E-state index contributed by atoms with van der Waals surface area (Å²) in [5.41, 5.74) is 0. The standard InChI is InChI=1S/C8H11NO3S/c1-3-4-6-9-5-7(13-6)12-8(10)11-2/h5H,3-4H2,1-2H3. The minimum absolute atomic E-state index is 0.482. The highest BCUT2D eigenvalue weighted by atomic mass is 32.1. The maximum atomic E-state index is 10.7. The van der Waals surface area contributed by atoms with Gasteiger partial charge in [0, 0.05) is 0 Å². The van der Waals surface area contributed by atoms with Gasteiger partial charge in [0.15, 0.2) is 0 Å². The molecule has 0 N–H and O–H groups in total. The molecule has 0 aliphatic heterocycles. The zero-order valence-electron chi connectivity index (χ0n) is 7.57. The quantitative estimate of drug-likeness (QED) is 0.704. The molecule has 72 valence electrons. The number of methoxy groups -OCH3 is 1. The van der Waals surface area contributed by atoms with E-state index in [1.807, 2.05) is 0 Å². The number of carbonyl (C=O) groups is 1. The lowest BCUT2D eigenvalue weighted by Crippen LogP contribution is -2.05. The predicted molar refractivity (Wildman–Crippen MR) is 49.1 cm³/mol. The Hall–Kier alpha value is -1.10. The average Bonchev–Trinajstić information content (AvgIpc) is 2.53. The van der Waals surface area contributed by atoms with Crippen molar-refractivity contribution < 1.29 is 14.3 Å². The fraction of sp³-hybridized carbons (Fsp3) is 0.500. The van der Waals surface area contributed by atoms with E-state index < -0.39 is 6.16 Å². The molecular weight excluding hydrogens is 190 g/mol. The molecule has 0 aliphatic rings. The van der Waals surface area contributed by atoms with Gasteiger partial charge in [0.2, 0.25) is 5.06 Å². The Bertz CT molecular complexity index is 285. The normalized spacial score (nSPS) is 9.69. The van der Waals surface area contributed by atoms with Crippen molar-refractivity contribution in [3.05, 3.63) is 11.2 Å². The van der Waals surface area contributed by atoms with E-state index >= 15 is 0 Å². The second kappa shape index (κ2) is 4.81. The molecule has 1 rings (SSSR count). The average molecular weight is 201 g/mol. The number of aryl methyl sites for hydroxylation is 1. The molecule has 0 unspecified atom stereocenters. The van der Waals surface area contributed by atoms with Gasteiger partial charge in [-0.25, -0.2) is 9.78 Å². The molecule has 4 nitrogen and oxygen atoms in total. The van der Waals surface area contributed by atoms with E-state index in [4.69, 9.17) is 4.74 Å². The SMILES string of the molecule is CCCc1ncc(OC(=O)OC)s1. The number of carbonyl (C=O) groups excluding carboxylic acids is 1. The lowest BCUT2D eigenvalue weighted by atomic mass is 10.4. The molecule has 13 heavy (non-hydrogen) atoms. The van der Waals surface area contributed by atoms with Gasteiger partial charge in [0.25, 0.3) is 0 Å². The molecule has 0 spiro atoms. The molecule has 1 aromatic rings. The van der Waals surface area contributed by atoms with E-state index in [-0.39, 0.29) is 0 Å². The van der Waals surface area contributed by atoms with E-state index in [2.05, 4.69) is 16.6 Å². The van der Waals surface area contributed by atoms with Crippen LogP contribution in [0.5, 0.6) is 5.06 Å². The lowest BCUT2D eigenvalue weighted by molar-refractivity contribution is 0.122. The fourth-order valence-corrected chi connectivity index (χ4v) is 1.65. The number of hydrogen-bond acceptors (Lipinski definition) is 5. The molecule has 0 bridgehead atoms. The highest BCUT2D eigenvalue weighted by Gasteiger charge is 2.07. The summed E-state index contributed by atoms with van der Waals surface area (Å²) in [6, 6.07) is 0. The van der Waals surface area contributed by atoms with Crippen LogP contribution in [0.1, 0.15) is 18.4 Å². The summed E-state index contributed by atoms with van der Waals surface area (Å²) >= 11 is 1.37. The van der Waals surface area contributed by atoms with E-state index in [1.54, 1.807) is 0 Å². The molecular formula is C8H11NO3S. The monoisotopic (exact) mass is 201 g/mol. The number of ether oxygens (including phenoxy) is 2. The van der Waals surface area contributed by atoms with Gasteiger partial charge in [-0.05, 0) is 12.8 Å². The first-order valence-corrected chi connectivity index (χ1v) is 4.78. The van der Waals surface area contributed by atoms with E-state index in [1.165, 1.54) is 24.6 Å². The third-order valence-electron chi connectivity index (χ3n) is 1.35. The van der Waals surface area contributed by atoms with E-state index in [0.29, 0.717) is 5.06 Å². The number of rotatable bonds is 3. The molecule has 0 aliphatic carbocycles. The fourth-order valence-electron chi connectivity index (χ4n) is 0.794. The third-order valence-corrected chi connectivity index (χ3v) is 2.28. The van der Waals surface area contributed by atoms with Gasteiger partial charge >= 0.3 is 6.16 Å². The topological polar surface area (TPSA) is 48.4 Å². The van der Waals surface area contributed by atoms with Gasteiger partial charge in [-0.2, -0.15) is 0 Å².